The Morgan fingerprint density at radius 2 is 2.22 bits per heavy atom. The maximum atomic E-state index is 12.3. The molecule has 1 aromatic rings. The zero-order valence-corrected chi connectivity index (χ0v) is 14.2. The third-order valence-corrected chi connectivity index (χ3v) is 4.21. The Morgan fingerprint density at radius 1 is 1.39 bits per heavy atom. The molecule has 2 aliphatic rings. The van der Waals surface area contributed by atoms with Gasteiger partial charge < -0.3 is 19.7 Å². The van der Waals surface area contributed by atoms with Gasteiger partial charge in [0, 0.05) is 18.8 Å². The lowest BCUT2D eigenvalue weighted by Gasteiger charge is -2.32. The minimum absolute atomic E-state index is 0.234. The topological polar surface area (TPSA) is 50.8 Å². The third kappa shape index (κ3) is 3.96. The van der Waals surface area contributed by atoms with E-state index in [1.54, 1.807) is 4.90 Å². The second-order valence-electron chi connectivity index (χ2n) is 7.30. The van der Waals surface area contributed by atoms with E-state index in [0.29, 0.717) is 19.1 Å². The molecule has 3 rings (SSSR count). The van der Waals surface area contributed by atoms with Gasteiger partial charge in [-0.1, -0.05) is 12.1 Å². The maximum Gasteiger partial charge on any atom is 0.410 e. The summed E-state index contributed by atoms with van der Waals surface area (Å²) in [6, 6.07) is 6.69. The monoisotopic (exact) mass is 318 g/mol. The van der Waals surface area contributed by atoms with Crippen molar-refractivity contribution in [2.75, 3.05) is 25.1 Å². The molecule has 1 unspecified atom stereocenters. The molecular formula is C18H26N2O3. The quantitative estimate of drug-likeness (QED) is 0.910. The number of nitrogens with zero attached hydrogens (tertiary/aromatic N) is 1. The molecule has 5 heteroatoms. The molecule has 0 bridgehead atoms. The first-order chi connectivity index (χ1) is 10.9. The summed E-state index contributed by atoms with van der Waals surface area (Å²) in [6.07, 6.45) is 1.66. The fourth-order valence-corrected chi connectivity index (χ4v) is 3.07. The van der Waals surface area contributed by atoms with Gasteiger partial charge in [-0.25, -0.2) is 4.79 Å². The fraction of sp³-hybridized carbons (Fsp3) is 0.611. The van der Waals surface area contributed by atoms with Gasteiger partial charge in [0.05, 0.1) is 19.2 Å². The van der Waals surface area contributed by atoms with Gasteiger partial charge in [-0.15, -0.1) is 0 Å². The highest BCUT2D eigenvalue weighted by atomic mass is 16.6. The van der Waals surface area contributed by atoms with Crippen molar-refractivity contribution in [3.63, 3.8) is 0 Å². The number of amides is 1. The highest BCUT2D eigenvalue weighted by molar-refractivity contribution is 5.70. The maximum absolute atomic E-state index is 12.3. The van der Waals surface area contributed by atoms with Crippen LogP contribution in [0.1, 0.15) is 38.3 Å². The van der Waals surface area contributed by atoms with Crippen LogP contribution in [-0.2, 0) is 22.4 Å². The van der Waals surface area contributed by atoms with E-state index in [0.717, 1.165) is 31.7 Å². The van der Waals surface area contributed by atoms with E-state index in [-0.39, 0.29) is 6.09 Å². The van der Waals surface area contributed by atoms with E-state index >= 15 is 0 Å². The average Bonchev–Trinajstić information content (AvgIpc) is 2.98. The summed E-state index contributed by atoms with van der Waals surface area (Å²) in [7, 11) is 0. The van der Waals surface area contributed by atoms with Gasteiger partial charge >= 0.3 is 6.09 Å². The number of carbonyl (C=O) groups is 1. The normalized spacial score (nSPS) is 21.0. The molecule has 0 aliphatic carbocycles. The SMILES string of the molecule is CC(C)(C)OC(=O)N1CCc2cccc(NC3CCOC3)c2C1. The van der Waals surface area contributed by atoms with Crippen LogP contribution >= 0.6 is 0 Å². The summed E-state index contributed by atoms with van der Waals surface area (Å²) >= 11 is 0. The van der Waals surface area contributed by atoms with Crippen LogP contribution < -0.4 is 5.32 Å². The molecule has 126 valence electrons. The van der Waals surface area contributed by atoms with E-state index in [4.69, 9.17) is 9.47 Å². The van der Waals surface area contributed by atoms with Crippen LogP contribution in [-0.4, -0.2) is 42.4 Å². The Bertz CT molecular complexity index is 574. The Labute approximate surface area is 137 Å². The van der Waals surface area contributed by atoms with Crippen molar-refractivity contribution < 1.29 is 14.3 Å². The van der Waals surface area contributed by atoms with Gasteiger partial charge in [0.2, 0.25) is 0 Å². The summed E-state index contributed by atoms with van der Waals surface area (Å²) in [6.45, 7) is 8.57. The summed E-state index contributed by atoms with van der Waals surface area (Å²) in [5.74, 6) is 0. The molecule has 2 heterocycles. The van der Waals surface area contributed by atoms with Crippen molar-refractivity contribution >= 4 is 11.8 Å². The van der Waals surface area contributed by atoms with Crippen LogP contribution in [0.5, 0.6) is 0 Å². The van der Waals surface area contributed by atoms with Crippen molar-refractivity contribution in [3.05, 3.63) is 29.3 Å². The standard InChI is InChI=1S/C18H26N2O3/c1-18(2,3)23-17(21)20-9-7-13-5-4-6-16(15(13)11-20)19-14-8-10-22-12-14/h4-6,14,19H,7-12H2,1-3H3. The molecular weight excluding hydrogens is 292 g/mol. The highest BCUT2D eigenvalue weighted by Gasteiger charge is 2.27. The van der Waals surface area contributed by atoms with E-state index in [2.05, 4.69) is 23.5 Å². The zero-order valence-electron chi connectivity index (χ0n) is 14.2. The molecule has 0 radical (unpaired) electrons. The molecule has 23 heavy (non-hydrogen) atoms. The summed E-state index contributed by atoms with van der Waals surface area (Å²) in [5, 5.41) is 3.57. The van der Waals surface area contributed by atoms with Crippen molar-refractivity contribution in [3.8, 4) is 0 Å². The van der Waals surface area contributed by atoms with Gasteiger partial charge in [0.25, 0.3) is 0 Å². The van der Waals surface area contributed by atoms with Gasteiger partial charge in [-0.05, 0) is 50.8 Å². The second kappa shape index (κ2) is 6.40. The number of nitrogens with one attached hydrogen (secondary N) is 1. The first kappa shape index (κ1) is 16.1. The highest BCUT2D eigenvalue weighted by Crippen LogP contribution is 2.28. The number of rotatable bonds is 2. The van der Waals surface area contributed by atoms with Crippen molar-refractivity contribution in [1.29, 1.82) is 0 Å². The Balaban J connectivity index is 1.74. The number of carbonyl (C=O) groups excluding carboxylic acids is 1. The summed E-state index contributed by atoms with van der Waals surface area (Å²) < 4.78 is 11.0. The van der Waals surface area contributed by atoms with Gasteiger partial charge in [-0.2, -0.15) is 0 Å². The van der Waals surface area contributed by atoms with Crippen LogP contribution in [0.3, 0.4) is 0 Å². The molecule has 2 aliphatic heterocycles. The zero-order chi connectivity index (χ0) is 16.4. The van der Waals surface area contributed by atoms with Gasteiger partial charge in [-0.3, -0.25) is 0 Å². The molecule has 5 nitrogen and oxygen atoms in total. The first-order valence-corrected chi connectivity index (χ1v) is 8.35. The van der Waals surface area contributed by atoms with E-state index in [1.165, 1.54) is 11.1 Å². The lowest BCUT2D eigenvalue weighted by molar-refractivity contribution is 0.0224. The molecule has 1 aromatic carbocycles. The van der Waals surface area contributed by atoms with Crippen molar-refractivity contribution in [1.82, 2.24) is 4.90 Å². The van der Waals surface area contributed by atoms with E-state index < -0.39 is 5.60 Å². The molecule has 1 saturated heterocycles. The largest absolute Gasteiger partial charge is 0.444 e. The molecule has 1 N–H and O–H groups in total. The number of fused-ring (bicyclic) bond motifs is 1. The number of ether oxygens (including phenoxy) is 2. The minimum atomic E-state index is -0.462. The van der Waals surface area contributed by atoms with Gasteiger partial charge in [0.1, 0.15) is 5.60 Å². The Hall–Kier alpha value is -1.75. The van der Waals surface area contributed by atoms with Crippen molar-refractivity contribution in [2.45, 2.75) is 51.8 Å². The number of hydrogen-bond acceptors (Lipinski definition) is 4. The number of anilines is 1. The summed E-state index contributed by atoms with van der Waals surface area (Å²) in [5.41, 5.74) is 3.17. The lowest BCUT2D eigenvalue weighted by atomic mass is 9.97. The molecule has 1 fully saturated rings. The molecule has 0 saturated carbocycles. The second-order valence-corrected chi connectivity index (χ2v) is 7.30. The lowest BCUT2D eigenvalue weighted by Crippen LogP contribution is -2.40. The smallest absolute Gasteiger partial charge is 0.410 e. The Kier molecular flexibility index (Phi) is 4.48. The van der Waals surface area contributed by atoms with Crippen LogP contribution in [0.15, 0.2) is 18.2 Å². The van der Waals surface area contributed by atoms with Crippen molar-refractivity contribution in [2.24, 2.45) is 0 Å². The minimum Gasteiger partial charge on any atom is -0.444 e. The molecule has 0 aromatic heterocycles. The van der Waals surface area contributed by atoms with Crippen LogP contribution in [0.4, 0.5) is 10.5 Å². The molecule has 0 spiro atoms. The fourth-order valence-electron chi connectivity index (χ4n) is 3.07. The first-order valence-electron chi connectivity index (χ1n) is 8.35. The predicted molar refractivity (Wildman–Crippen MR) is 89.6 cm³/mol. The molecule has 1 amide bonds. The average molecular weight is 318 g/mol. The number of hydrogen-bond donors (Lipinski definition) is 1. The van der Waals surface area contributed by atoms with Crippen LogP contribution in [0.2, 0.25) is 0 Å². The van der Waals surface area contributed by atoms with Crippen LogP contribution in [0, 0.1) is 0 Å². The predicted octanol–water partition coefficient (Wildman–Crippen LogP) is 3.18. The van der Waals surface area contributed by atoms with Crippen LogP contribution in [0.25, 0.3) is 0 Å². The summed E-state index contributed by atoms with van der Waals surface area (Å²) in [4.78, 5) is 14.1. The Morgan fingerprint density at radius 3 is 2.91 bits per heavy atom. The molecule has 1 atom stereocenters. The third-order valence-electron chi connectivity index (χ3n) is 4.21. The van der Waals surface area contributed by atoms with Gasteiger partial charge in [0.15, 0.2) is 0 Å². The van der Waals surface area contributed by atoms with E-state index in [9.17, 15) is 4.79 Å². The van der Waals surface area contributed by atoms with E-state index in [1.807, 2.05) is 20.8 Å². The number of benzene rings is 1.